The molecule has 1 rings (SSSR count). The topological polar surface area (TPSA) is 75.6 Å². The molecule has 1 heterocycles. The lowest BCUT2D eigenvalue weighted by Gasteiger charge is -2.09. The zero-order valence-corrected chi connectivity index (χ0v) is 7.45. The van der Waals surface area contributed by atoms with E-state index in [4.69, 9.17) is 9.84 Å². The average Bonchev–Trinajstić information content (AvgIpc) is 2.52. The molecular weight excluding hydrogens is 174 g/mol. The number of ether oxygens (including phenoxy) is 1. The van der Waals surface area contributed by atoms with Crippen LogP contribution in [0.4, 0.5) is 0 Å². The van der Waals surface area contributed by atoms with E-state index in [1.807, 2.05) is 6.92 Å². The van der Waals surface area contributed by atoms with Gasteiger partial charge in [-0.15, -0.1) is 0 Å². The van der Waals surface area contributed by atoms with Gasteiger partial charge in [0.25, 0.3) is 0 Å². The lowest BCUT2D eigenvalue weighted by atomic mass is 10.2. The molecule has 0 bridgehead atoms. The SMILES string of the molecule is CCNC(=O)C1CCC(C(=O)O)O1. The molecule has 0 spiro atoms. The second-order valence-corrected chi connectivity index (χ2v) is 2.92. The van der Waals surface area contributed by atoms with Crippen LogP contribution in [0.1, 0.15) is 19.8 Å². The number of nitrogens with one attached hydrogen (secondary N) is 1. The second-order valence-electron chi connectivity index (χ2n) is 2.92. The summed E-state index contributed by atoms with van der Waals surface area (Å²) in [7, 11) is 0. The average molecular weight is 187 g/mol. The van der Waals surface area contributed by atoms with E-state index in [0.717, 1.165) is 0 Å². The van der Waals surface area contributed by atoms with Crippen LogP contribution in [0, 0.1) is 0 Å². The van der Waals surface area contributed by atoms with Gasteiger partial charge in [-0.05, 0) is 19.8 Å². The van der Waals surface area contributed by atoms with Gasteiger partial charge in [-0.2, -0.15) is 0 Å². The quantitative estimate of drug-likeness (QED) is 0.639. The molecule has 1 aliphatic heterocycles. The zero-order valence-electron chi connectivity index (χ0n) is 7.45. The van der Waals surface area contributed by atoms with Crippen molar-refractivity contribution in [1.82, 2.24) is 5.32 Å². The Kier molecular flexibility index (Phi) is 3.25. The maximum Gasteiger partial charge on any atom is 0.332 e. The van der Waals surface area contributed by atoms with Crippen LogP contribution in [0.2, 0.25) is 0 Å². The van der Waals surface area contributed by atoms with E-state index < -0.39 is 18.2 Å². The highest BCUT2D eigenvalue weighted by Gasteiger charge is 2.34. The minimum Gasteiger partial charge on any atom is -0.479 e. The summed E-state index contributed by atoms with van der Waals surface area (Å²) in [5, 5.41) is 11.2. The Morgan fingerprint density at radius 1 is 1.46 bits per heavy atom. The van der Waals surface area contributed by atoms with Gasteiger partial charge in [-0.1, -0.05) is 0 Å². The summed E-state index contributed by atoms with van der Waals surface area (Å²) < 4.78 is 5.03. The third-order valence-corrected chi connectivity index (χ3v) is 1.94. The molecule has 2 atom stereocenters. The number of hydrogen-bond donors (Lipinski definition) is 2. The summed E-state index contributed by atoms with van der Waals surface area (Å²) in [6.45, 7) is 2.35. The Labute approximate surface area is 76.1 Å². The van der Waals surface area contributed by atoms with Gasteiger partial charge in [-0.25, -0.2) is 4.79 Å². The number of amides is 1. The number of rotatable bonds is 3. The first-order chi connectivity index (χ1) is 6.15. The zero-order chi connectivity index (χ0) is 9.84. The molecule has 0 aliphatic carbocycles. The number of aliphatic carboxylic acids is 1. The highest BCUT2D eigenvalue weighted by molar-refractivity contribution is 5.82. The van der Waals surface area contributed by atoms with Gasteiger partial charge in [-0.3, -0.25) is 4.79 Å². The maximum atomic E-state index is 11.2. The molecule has 0 radical (unpaired) electrons. The van der Waals surface area contributed by atoms with E-state index in [1.165, 1.54) is 0 Å². The van der Waals surface area contributed by atoms with Gasteiger partial charge in [0, 0.05) is 6.54 Å². The summed E-state index contributed by atoms with van der Waals surface area (Å²) in [6, 6.07) is 0. The van der Waals surface area contributed by atoms with Crippen molar-refractivity contribution >= 4 is 11.9 Å². The number of carboxylic acid groups (broad SMARTS) is 1. The fraction of sp³-hybridized carbons (Fsp3) is 0.750. The van der Waals surface area contributed by atoms with E-state index in [0.29, 0.717) is 19.4 Å². The summed E-state index contributed by atoms with van der Waals surface area (Å²) in [6.07, 6.45) is -0.492. The van der Waals surface area contributed by atoms with Crippen LogP contribution in [-0.2, 0) is 14.3 Å². The fourth-order valence-electron chi connectivity index (χ4n) is 1.30. The van der Waals surface area contributed by atoms with E-state index in [9.17, 15) is 9.59 Å². The molecule has 1 saturated heterocycles. The van der Waals surface area contributed by atoms with Crippen LogP contribution in [0.15, 0.2) is 0 Å². The smallest absolute Gasteiger partial charge is 0.332 e. The van der Waals surface area contributed by atoms with Crippen LogP contribution in [0.5, 0.6) is 0 Å². The molecule has 2 N–H and O–H groups in total. The van der Waals surface area contributed by atoms with E-state index in [-0.39, 0.29) is 5.91 Å². The molecular formula is C8H13NO4. The molecule has 13 heavy (non-hydrogen) atoms. The lowest BCUT2D eigenvalue weighted by Crippen LogP contribution is -2.35. The maximum absolute atomic E-state index is 11.2. The van der Waals surface area contributed by atoms with Gasteiger partial charge >= 0.3 is 5.97 Å². The Morgan fingerprint density at radius 3 is 2.54 bits per heavy atom. The Hall–Kier alpha value is -1.10. The molecule has 74 valence electrons. The minimum absolute atomic E-state index is 0.216. The van der Waals surface area contributed by atoms with E-state index >= 15 is 0 Å². The van der Waals surface area contributed by atoms with Crippen molar-refractivity contribution in [2.24, 2.45) is 0 Å². The first-order valence-electron chi connectivity index (χ1n) is 4.31. The van der Waals surface area contributed by atoms with Crippen molar-refractivity contribution < 1.29 is 19.4 Å². The molecule has 0 saturated carbocycles. The van der Waals surface area contributed by atoms with Crippen LogP contribution in [0.3, 0.4) is 0 Å². The first-order valence-corrected chi connectivity index (χ1v) is 4.31. The largest absolute Gasteiger partial charge is 0.479 e. The Balaban J connectivity index is 2.40. The summed E-state index contributed by atoms with van der Waals surface area (Å²) in [4.78, 5) is 21.7. The van der Waals surface area contributed by atoms with Crippen LogP contribution >= 0.6 is 0 Å². The number of likely N-dealkylation sites (N-methyl/N-ethyl adjacent to an activating group) is 1. The third-order valence-electron chi connectivity index (χ3n) is 1.94. The monoisotopic (exact) mass is 187 g/mol. The van der Waals surface area contributed by atoms with Gasteiger partial charge in [0.15, 0.2) is 6.10 Å². The standard InChI is InChI=1S/C8H13NO4/c1-2-9-7(10)5-3-4-6(13-5)8(11)12/h5-6H,2-4H2,1H3,(H,9,10)(H,11,12). The summed E-state index contributed by atoms with van der Waals surface area (Å²) >= 11 is 0. The van der Waals surface area contributed by atoms with Crippen LogP contribution < -0.4 is 5.32 Å². The molecule has 1 amide bonds. The summed E-state index contributed by atoms with van der Waals surface area (Å²) in [5.41, 5.74) is 0. The number of carboxylic acids is 1. The van der Waals surface area contributed by atoms with Gasteiger partial charge in [0.1, 0.15) is 6.10 Å². The van der Waals surface area contributed by atoms with Crippen molar-refractivity contribution in [3.8, 4) is 0 Å². The fourth-order valence-corrected chi connectivity index (χ4v) is 1.30. The van der Waals surface area contributed by atoms with Crippen LogP contribution in [-0.4, -0.2) is 35.7 Å². The molecule has 2 unspecified atom stereocenters. The molecule has 0 aromatic carbocycles. The highest BCUT2D eigenvalue weighted by Crippen LogP contribution is 2.19. The number of carbonyl (C=O) groups is 2. The molecule has 5 nitrogen and oxygen atoms in total. The predicted octanol–water partition coefficient (Wildman–Crippen LogP) is -0.245. The Morgan fingerprint density at radius 2 is 2.08 bits per heavy atom. The number of carbonyl (C=O) groups excluding carboxylic acids is 1. The van der Waals surface area contributed by atoms with Crippen LogP contribution in [0.25, 0.3) is 0 Å². The molecule has 1 fully saturated rings. The number of hydrogen-bond acceptors (Lipinski definition) is 3. The van der Waals surface area contributed by atoms with Gasteiger partial charge in [0.05, 0.1) is 0 Å². The van der Waals surface area contributed by atoms with Crippen molar-refractivity contribution in [2.75, 3.05) is 6.54 Å². The minimum atomic E-state index is -0.994. The normalized spacial score (nSPS) is 27.2. The molecule has 0 aromatic heterocycles. The predicted molar refractivity (Wildman–Crippen MR) is 44.2 cm³/mol. The van der Waals surface area contributed by atoms with Gasteiger partial charge in [0.2, 0.25) is 5.91 Å². The van der Waals surface area contributed by atoms with E-state index in [2.05, 4.69) is 5.32 Å². The Bertz CT molecular complexity index is 216. The van der Waals surface area contributed by atoms with E-state index in [1.54, 1.807) is 0 Å². The van der Waals surface area contributed by atoms with Crippen molar-refractivity contribution in [3.05, 3.63) is 0 Å². The third kappa shape index (κ3) is 2.42. The summed E-state index contributed by atoms with van der Waals surface area (Å²) in [5.74, 6) is -1.21. The second kappa shape index (κ2) is 4.23. The first kappa shape index (κ1) is 9.98. The van der Waals surface area contributed by atoms with Gasteiger partial charge < -0.3 is 15.2 Å². The lowest BCUT2D eigenvalue weighted by molar-refractivity contribution is -0.151. The van der Waals surface area contributed by atoms with Crippen molar-refractivity contribution in [2.45, 2.75) is 32.0 Å². The molecule has 1 aliphatic rings. The highest BCUT2D eigenvalue weighted by atomic mass is 16.5. The van der Waals surface area contributed by atoms with Crippen molar-refractivity contribution in [1.29, 1.82) is 0 Å². The molecule has 5 heteroatoms. The van der Waals surface area contributed by atoms with Crippen molar-refractivity contribution in [3.63, 3.8) is 0 Å². The molecule has 0 aromatic rings.